The molecule has 0 saturated heterocycles. The Morgan fingerprint density at radius 1 is 1.20 bits per heavy atom. The third-order valence-corrected chi connectivity index (χ3v) is 3.68. The minimum atomic E-state index is 0.514. The molecule has 0 heterocycles. The number of hydrogen-bond acceptors (Lipinski definition) is 3. The minimum Gasteiger partial charge on any atom is -0.490 e. The van der Waals surface area contributed by atoms with Gasteiger partial charge in [0.2, 0.25) is 0 Å². The Morgan fingerprint density at radius 2 is 1.95 bits per heavy atom. The van der Waals surface area contributed by atoms with Crippen molar-refractivity contribution in [3.05, 3.63) is 22.2 Å². The van der Waals surface area contributed by atoms with E-state index in [-0.39, 0.29) is 0 Å². The van der Waals surface area contributed by atoms with E-state index in [1.807, 2.05) is 6.92 Å². The third kappa shape index (κ3) is 5.33. The van der Waals surface area contributed by atoms with Crippen LogP contribution >= 0.6 is 15.9 Å². The monoisotopic (exact) mass is 343 g/mol. The Bertz CT molecular complexity index is 410. The van der Waals surface area contributed by atoms with Crippen LogP contribution in [0.25, 0.3) is 0 Å². The number of nitrogens with one attached hydrogen (secondary N) is 1. The summed E-state index contributed by atoms with van der Waals surface area (Å²) in [6.45, 7) is 10.6. The van der Waals surface area contributed by atoms with E-state index < -0.39 is 0 Å². The number of halogens is 1. The van der Waals surface area contributed by atoms with Gasteiger partial charge in [0.05, 0.1) is 17.7 Å². The van der Waals surface area contributed by atoms with Crippen LogP contribution in [0.3, 0.4) is 0 Å². The van der Waals surface area contributed by atoms with Gasteiger partial charge in [0.25, 0.3) is 0 Å². The van der Waals surface area contributed by atoms with E-state index in [1.54, 1.807) is 0 Å². The molecule has 0 amide bonds. The molecule has 0 aliphatic carbocycles. The first-order chi connectivity index (χ1) is 9.62. The van der Waals surface area contributed by atoms with Crippen LogP contribution in [0, 0.1) is 0 Å². The van der Waals surface area contributed by atoms with E-state index in [0.29, 0.717) is 19.3 Å². The fourth-order valence-electron chi connectivity index (χ4n) is 1.77. The van der Waals surface area contributed by atoms with Gasteiger partial charge in [-0.2, -0.15) is 0 Å². The number of ether oxygens (including phenoxy) is 2. The SMILES string of the molecule is CCCOc1c(Br)cc(CN[C@H](C)CC)cc1OCC. The molecule has 114 valence electrons. The van der Waals surface area contributed by atoms with E-state index in [1.165, 1.54) is 5.56 Å². The average Bonchev–Trinajstić information content (AvgIpc) is 2.44. The van der Waals surface area contributed by atoms with E-state index in [0.717, 1.165) is 35.4 Å². The van der Waals surface area contributed by atoms with Crippen molar-refractivity contribution in [3.8, 4) is 11.5 Å². The quantitative estimate of drug-likeness (QED) is 0.714. The number of hydrogen-bond donors (Lipinski definition) is 1. The molecule has 1 aromatic carbocycles. The first-order valence-electron chi connectivity index (χ1n) is 7.43. The minimum absolute atomic E-state index is 0.514. The normalized spacial score (nSPS) is 12.2. The second kappa shape index (κ2) is 9.24. The zero-order valence-electron chi connectivity index (χ0n) is 13.0. The van der Waals surface area contributed by atoms with Crippen LogP contribution in [0.15, 0.2) is 16.6 Å². The molecule has 1 N–H and O–H groups in total. The second-order valence-electron chi connectivity index (χ2n) is 4.88. The van der Waals surface area contributed by atoms with Gasteiger partial charge in [-0.3, -0.25) is 0 Å². The van der Waals surface area contributed by atoms with Gasteiger partial charge in [-0.05, 0) is 60.3 Å². The molecule has 1 rings (SSSR count). The molecule has 0 saturated carbocycles. The summed E-state index contributed by atoms with van der Waals surface area (Å²) in [5.74, 6) is 1.62. The standard InChI is InChI=1S/C16H26BrNO2/c1-5-8-20-16-14(17)9-13(10-15(16)19-7-3)11-18-12(4)6-2/h9-10,12,18H,5-8,11H2,1-4H3/t12-/m1/s1. The van der Waals surface area contributed by atoms with Crippen molar-refractivity contribution in [1.82, 2.24) is 5.32 Å². The molecule has 20 heavy (non-hydrogen) atoms. The summed E-state index contributed by atoms with van der Waals surface area (Å²) in [7, 11) is 0. The highest BCUT2D eigenvalue weighted by Gasteiger charge is 2.12. The first kappa shape index (κ1) is 17.3. The number of benzene rings is 1. The zero-order valence-corrected chi connectivity index (χ0v) is 14.5. The Hall–Kier alpha value is -0.740. The summed E-state index contributed by atoms with van der Waals surface area (Å²) < 4.78 is 12.4. The molecule has 0 spiro atoms. The van der Waals surface area contributed by atoms with Gasteiger partial charge in [0, 0.05) is 12.6 Å². The Labute approximate surface area is 131 Å². The lowest BCUT2D eigenvalue weighted by atomic mass is 10.1. The van der Waals surface area contributed by atoms with Crippen molar-refractivity contribution in [2.45, 2.75) is 53.1 Å². The van der Waals surface area contributed by atoms with Crippen LogP contribution in [-0.2, 0) is 6.54 Å². The predicted octanol–water partition coefficient (Wildman–Crippen LogP) is 4.52. The lowest BCUT2D eigenvalue weighted by Gasteiger charge is -2.16. The Balaban J connectivity index is 2.87. The van der Waals surface area contributed by atoms with Crippen molar-refractivity contribution in [3.63, 3.8) is 0 Å². The smallest absolute Gasteiger partial charge is 0.175 e. The summed E-state index contributed by atoms with van der Waals surface area (Å²) >= 11 is 3.59. The molecular weight excluding hydrogens is 318 g/mol. The first-order valence-corrected chi connectivity index (χ1v) is 8.22. The Morgan fingerprint density at radius 3 is 2.55 bits per heavy atom. The zero-order chi connectivity index (χ0) is 15.0. The predicted molar refractivity (Wildman–Crippen MR) is 87.7 cm³/mol. The van der Waals surface area contributed by atoms with Crippen molar-refractivity contribution in [1.29, 1.82) is 0 Å². The summed E-state index contributed by atoms with van der Waals surface area (Å²) in [5.41, 5.74) is 1.20. The van der Waals surface area contributed by atoms with Gasteiger partial charge in [0.1, 0.15) is 0 Å². The van der Waals surface area contributed by atoms with Gasteiger partial charge >= 0.3 is 0 Å². The molecule has 3 nitrogen and oxygen atoms in total. The average molecular weight is 344 g/mol. The molecule has 0 unspecified atom stereocenters. The van der Waals surface area contributed by atoms with E-state index in [2.05, 4.69) is 54.2 Å². The molecule has 1 aromatic rings. The topological polar surface area (TPSA) is 30.5 Å². The highest BCUT2D eigenvalue weighted by molar-refractivity contribution is 9.10. The maximum absolute atomic E-state index is 5.78. The molecule has 4 heteroatoms. The van der Waals surface area contributed by atoms with Crippen LogP contribution in [0.2, 0.25) is 0 Å². The van der Waals surface area contributed by atoms with E-state index in [4.69, 9.17) is 9.47 Å². The molecule has 0 aliphatic heterocycles. The largest absolute Gasteiger partial charge is 0.490 e. The van der Waals surface area contributed by atoms with Gasteiger partial charge in [-0.15, -0.1) is 0 Å². The van der Waals surface area contributed by atoms with Crippen LogP contribution in [0.1, 0.15) is 46.1 Å². The van der Waals surface area contributed by atoms with Gasteiger partial charge < -0.3 is 14.8 Å². The molecule has 0 fully saturated rings. The molecular formula is C16H26BrNO2. The summed E-state index contributed by atoms with van der Waals surface area (Å²) in [5, 5.41) is 3.49. The molecule has 0 bridgehead atoms. The third-order valence-electron chi connectivity index (χ3n) is 3.09. The Kier molecular flexibility index (Phi) is 8.00. The van der Waals surface area contributed by atoms with Gasteiger partial charge in [0.15, 0.2) is 11.5 Å². The van der Waals surface area contributed by atoms with Crippen LogP contribution in [-0.4, -0.2) is 19.3 Å². The molecule has 0 aliphatic rings. The lowest BCUT2D eigenvalue weighted by Crippen LogP contribution is -2.24. The van der Waals surface area contributed by atoms with Crippen molar-refractivity contribution >= 4 is 15.9 Å². The maximum atomic E-state index is 5.78. The maximum Gasteiger partial charge on any atom is 0.175 e. The second-order valence-corrected chi connectivity index (χ2v) is 5.73. The van der Waals surface area contributed by atoms with Crippen LogP contribution < -0.4 is 14.8 Å². The van der Waals surface area contributed by atoms with Crippen LogP contribution in [0.4, 0.5) is 0 Å². The fourth-order valence-corrected chi connectivity index (χ4v) is 2.37. The van der Waals surface area contributed by atoms with Gasteiger partial charge in [-0.25, -0.2) is 0 Å². The van der Waals surface area contributed by atoms with Crippen molar-refractivity contribution in [2.75, 3.05) is 13.2 Å². The van der Waals surface area contributed by atoms with E-state index >= 15 is 0 Å². The molecule has 0 aromatic heterocycles. The van der Waals surface area contributed by atoms with Crippen molar-refractivity contribution < 1.29 is 9.47 Å². The summed E-state index contributed by atoms with van der Waals surface area (Å²) in [6.07, 6.45) is 2.10. The highest BCUT2D eigenvalue weighted by Crippen LogP contribution is 2.37. The van der Waals surface area contributed by atoms with Crippen molar-refractivity contribution in [2.24, 2.45) is 0 Å². The summed E-state index contributed by atoms with van der Waals surface area (Å²) in [4.78, 5) is 0. The lowest BCUT2D eigenvalue weighted by molar-refractivity contribution is 0.275. The fraction of sp³-hybridized carbons (Fsp3) is 0.625. The highest BCUT2D eigenvalue weighted by atomic mass is 79.9. The van der Waals surface area contributed by atoms with Gasteiger partial charge in [-0.1, -0.05) is 13.8 Å². The van der Waals surface area contributed by atoms with Crippen LogP contribution in [0.5, 0.6) is 11.5 Å². The van der Waals surface area contributed by atoms with E-state index in [9.17, 15) is 0 Å². The molecule has 1 atom stereocenters. The summed E-state index contributed by atoms with van der Waals surface area (Å²) in [6, 6.07) is 4.68. The molecule has 0 radical (unpaired) electrons. The number of rotatable bonds is 9.